The fourth-order valence-electron chi connectivity index (χ4n) is 1.69. The third-order valence-corrected chi connectivity index (χ3v) is 2.57. The number of nitrogens with one attached hydrogen (secondary N) is 1. The fraction of sp³-hybridized carbons (Fsp3) is 0.909. The van der Waals surface area contributed by atoms with E-state index in [0.29, 0.717) is 6.04 Å². The molecule has 3 nitrogen and oxygen atoms in total. The second-order valence-electron chi connectivity index (χ2n) is 4.80. The van der Waals surface area contributed by atoms with Crippen molar-refractivity contribution in [1.29, 1.82) is 5.26 Å². The van der Waals surface area contributed by atoms with Crippen LogP contribution in [0, 0.1) is 11.3 Å². The van der Waals surface area contributed by atoms with Crippen LogP contribution >= 0.6 is 0 Å². The van der Waals surface area contributed by atoms with Gasteiger partial charge >= 0.3 is 6.18 Å². The Morgan fingerprint density at radius 2 is 2.06 bits per heavy atom. The van der Waals surface area contributed by atoms with Gasteiger partial charge in [-0.2, -0.15) is 18.4 Å². The maximum atomic E-state index is 11.9. The van der Waals surface area contributed by atoms with Crippen molar-refractivity contribution in [2.45, 2.75) is 57.0 Å². The zero-order chi connectivity index (χ0) is 13.1. The van der Waals surface area contributed by atoms with Gasteiger partial charge in [-0.1, -0.05) is 0 Å². The number of rotatable bonds is 6. The van der Waals surface area contributed by atoms with E-state index in [1.807, 2.05) is 0 Å². The van der Waals surface area contributed by atoms with E-state index in [1.54, 1.807) is 13.8 Å². The summed E-state index contributed by atoms with van der Waals surface area (Å²) in [6, 6.07) is 2.43. The first-order valence-electron chi connectivity index (χ1n) is 5.61. The smallest absolute Gasteiger partial charge is 0.369 e. The summed E-state index contributed by atoms with van der Waals surface area (Å²) in [5, 5.41) is 12.2. The number of hydrogen-bond acceptors (Lipinski definition) is 3. The summed E-state index contributed by atoms with van der Waals surface area (Å²) < 4.78 is 40.5. The maximum absolute atomic E-state index is 11.9. The minimum Gasteiger partial charge on any atom is -0.369 e. The Balaban J connectivity index is 2.36. The Morgan fingerprint density at radius 3 is 2.47 bits per heavy atom. The van der Waals surface area contributed by atoms with E-state index in [1.165, 1.54) is 0 Å². The highest BCUT2D eigenvalue weighted by Gasteiger charge is 2.35. The minimum atomic E-state index is -4.32. The third-order valence-electron chi connectivity index (χ3n) is 2.57. The van der Waals surface area contributed by atoms with Gasteiger partial charge in [0.05, 0.1) is 12.2 Å². The summed E-state index contributed by atoms with van der Waals surface area (Å²) in [5.74, 6) is 0. The maximum Gasteiger partial charge on any atom is 0.411 e. The molecule has 2 unspecified atom stereocenters. The average molecular weight is 250 g/mol. The molecule has 0 aromatic carbocycles. The lowest BCUT2D eigenvalue weighted by Gasteiger charge is -2.27. The molecule has 1 saturated carbocycles. The zero-order valence-corrected chi connectivity index (χ0v) is 9.97. The van der Waals surface area contributed by atoms with Crippen LogP contribution in [0.15, 0.2) is 0 Å². The highest BCUT2D eigenvalue weighted by Crippen LogP contribution is 2.25. The van der Waals surface area contributed by atoms with Crippen molar-refractivity contribution in [2.24, 2.45) is 0 Å². The van der Waals surface area contributed by atoms with Crippen LogP contribution in [0.2, 0.25) is 0 Å². The number of nitriles is 1. The van der Waals surface area contributed by atoms with Crippen molar-refractivity contribution in [3.05, 3.63) is 0 Å². The van der Waals surface area contributed by atoms with Crippen molar-refractivity contribution in [2.75, 3.05) is 6.61 Å². The Hall–Kier alpha value is -0.800. The second kappa shape index (κ2) is 5.23. The molecule has 6 heteroatoms. The van der Waals surface area contributed by atoms with Gasteiger partial charge in [0.2, 0.25) is 0 Å². The largest absolute Gasteiger partial charge is 0.411 e. The lowest BCUT2D eigenvalue weighted by atomic mass is 9.96. The summed E-state index contributed by atoms with van der Waals surface area (Å²) in [6.07, 6.45) is -2.63. The summed E-state index contributed by atoms with van der Waals surface area (Å²) in [4.78, 5) is 0. The fourth-order valence-corrected chi connectivity index (χ4v) is 1.69. The van der Waals surface area contributed by atoms with E-state index in [4.69, 9.17) is 5.26 Å². The molecule has 0 aromatic heterocycles. The number of hydrogen-bond donors (Lipinski definition) is 1. The van der Waals surface area contributed by atoms with E-state index >= 15 is 0 Å². The molecule has 0 aliphatic heterocycles. The number of nitrogens with zero attached hydrogens (tertiary/aromatic N) is 1. The Morgan fingerprint density at radius 1 is 1.47 bits per heavy atom. The zero-order valence-electron chi connectivity index (χ0n) is 9.97. The Kier molecular flexibility index (Phi) is 4.39. The summed E-state index contributed by atoms with van der Waals surface area (Å²) in [5.41, 5.74) is -0.813. The molecule has 17 heavy (non-hydrogen) atoms. The van der Waals surface area contributed by atoms with Crippen LogP contribution in [0.4, 0.5) is 13.2 Å². The van der Waals surface area contributed by atoms with Crippen molar-refractivity contribution in [3.8, 4) is 6.07 Å². The van der Waals surface area contributed by atoms with Gasteiger partial charge in [-0.25, -0.2) is 0 Å². The van der Waals surface area contributed by atoms with Gasteiger partial charge in [-0.3, -0.25) is 5.32 Å². The molecule has 2 atom stereocenters. The number of halogens is 3. The molecule has 1 aliphatic carbocycles. The summed E-state index contributed by atoms with van der Waals surface area (Å²) >= 11 is 0. The van der Waals surface area contributed by atoms with Gasteiger partial charge in [0.15, 0.2) is 0 Å². The van der Waals surface area contributed by atoms with Crippen LogP contribution in [0.1, 0.15) is 33.1 Å². The molecule has 1 aliphatic rings. The van der Waals surface area contributed by atoms with E-state index in [0.717, 1.165) is 12.8 Å². The summed E-state index contributed by atoms with van der Waals surface area (Å²) in [7, 11) is 0. The first kappa shape index (κ1) is 14.3. The predicted octanol–water partition coefficient (Wildman–Crippen LogP) is 2.38. The molecule has 0 aromatic rings. The van der Waals surface area contributed by atoms with Gasteiger partial charge in [-0.15, -0.1) is 0 Å². The SMILES string of the molecule is CC(CC(C)(C#N)NC1CC1)OCC(F)(F)F. The summed E-state index contributed by atoms with van der Waals surface area (Å²) in [6.45, 7) is 1.98. The van der Waals surface area contributed by atoms with Crippen LogP contribution in [-0.4, -0.2) is 30.5 Å². The molecule has 0 spiro atoms. The van der Waals surface area contributed by atoms with E-state index < -0.39 is 24.4 Å². The van der Waals surface area contributed by atoms with Crippen LogP contribution in [-0.2, 0) is 4.74 Å². The van der Waals surface area contributed by atoms with Crippen LogP contribution in [0.25, 0.3) is 0 Å². The quantitative estimate of drug-likeness (QED) is 0.787. The van der Waals surface area contributed by atoms with Gasteiger partial charge < -0.3 is 4.74 Å². The normalized spacial score (nSPS) is 21.6. The van der Waals surface area contributed by atoms with Crippen LogP contribution in [0.5, 0.6) is 0 Å². The predicted molar refractivity (Wildman–Crippen MR) is 56.3 cm³/mol. The second-order valence-corrected chi connectivity index (χ2v) is 4.80. The van der Waals surface area contributed by atoms with Crippen molar-refractivity contribution >= 4 is 0 Å². The van der Waals surface area contributed by atoms with Crippen LogP contribution in [0.3, 0.4) is 0 Å². The molecule has 1 rings (SSSR count). The first-order chi connectivity index (χ1) is 7.74. The number of ether oxygens (including phenoxy) is 1. The molecule has 1 fully saturated rings. The lowest BCUT2D eigenvalue weighted by molar-refractivity contribution is -0.185. The molecular formula is C11H17F3N2O. The average Bonchev–Trinajstić information content (AvgIpc) is 2.97. The molecule has 0 radical (unpaired) electrons. The standard InChI is InChI=1S/C11H17F3N2O/c1-8(17-7-11(12,13)14)5-10(2,6-15)16-9-3-4-9/h8-9,16H,3-5,7H2,1-2H3. The van der Waals surface area contributed by atoms with E-state index in [9.17, 15) is 13.2 Å². The third kappa shape index (κ3) is 5.89. The van der Waals surface area contributed by atoms with Crippen molar-refractivity contribution in [1.82, 2.24) is 5.32 Å². The monoisotopic (exact) mass is 250 g/mol. The Bertz CT molecular complexity index is 296. The van der Waals surface area contributed by atoms with Gasteiger partial charge in [0.25, 0.3) is 0 Å². The molecule has 0 amide bonds. The van der Waals surface area contributed by atoms with E-state index in [-0.39, 0.29) is 6.42 Å². The Labute approximate surface area is 98.9 Å². The van der Waals surface area contributed by atoms with Crippen molar-refractivity contribution < 1.29 is 17.9 Å². The van der Waals surface area contributed by atoms with Crippen LogP contribution < -0.4 is 5.32 Å². The number of alkyl halides is 3. The lowest BCUT2D eigenvalue weighted by Crippen LogP contribution is -2.45. The van der Waals surface area contributed by atoms with E-state index in [2.05, 4.69) is 16.1 Å². The minimum absolute atomic E-state index is 0.246. The molecule has 1 N–H and O–H groups in total. The molecular weight excluding hydrogens is 233 g/mol. The first-order valence-corrected chi connectivity index (χ1v) is 5.61. The van der Waals surface area contributed by atoms with Gasteiger partial charge in [0.1, 0.15) is 12.1 Å². The molecule has 0 bridgehead atoms. The molecule has 0 heterocycles. The van der Waals surface area contributed by atoms with Gasteiger partial charge in [0, 0.05) is 12.5 Å². The topological polar surface area (TPSA) is 45.0 Å². The molecule has 98 valence electrons. The highest BCUT2D eigenvalue weighted by molar-refractivity contribution is 5.07. The highest BCUT2D eigenvalue weighted by atomic mass is 19.4. The van der Waals surface area contributed by atoms with Gasteiger partial charge in [-0.05, 0) is 26.7 Å². The molecule has 0 saturated heterocycles. The van der Waals surface area contributed by atoms with Crippen molar-refractivity contribution in [3.63, 3.8) is 0 Å².